The highest BCUT2D eigenvalue weighted by molar-refractivity contribution is 5.97. The molecule has 2 aromatic rings. The average Bonchev–Trinajstić information content (AvgIpc) is 3.07. The van der Waals surface area contributed by atoms with E-state index in [1.807, 2.05) is 0 Å². The highest BCUT2D eigenvalue weighted by Gasteiger charge is 2.42. The van der Waals surface area contributed by atoms with Gasteiger partial charge in [0.15, 0.2) is 11.6 Å². The van der Waals surface area contributed by atoms with Crippen molar-refractivity contribution in [3.8, 4) is 5.75 Å². The molecular formula is C18H17FN2O4. The second kappa shape index (κ2) is 7.29. The van der Waals surface area contributed by atoms with Gasteiger partial charge < -0.3 is 14.4 Å². The van der Waals surface area contributed by atoms with Gasteiger partial charge in [0.25, 0.3) is 5.91 Å². The van der Waals surface area contributed by atoms with Crippen molar-refractivity contribution in [3.63, 3.8) is 0 Å². The van der Waals surface area contributed by atoms with Gasteiger partial charge in [0, 0.05) is 24.4 Å². The lowest BCUT2D eigenvalue weighted by Crippen LogP contribution is -2.41. The zero-order valence-corrected chi connectivity index (χ0v) is 13.6. The zero-order chi connectivity index (χ0) is 17.8. The van der Waals surface area contributed by atoms with Crippen LogP contribution in [0.2, 0.25) is 0 Å². The molecule has 1 aliphatic heterocycles. The van der Waals surface area contributed by atoms with Crippen LogP contribution in [0.3, 0.4) is 0 Å². The van der Waals surface area contributed by atoms with Crippen molar-refractivity contribution < 1.29 is 23.5 Å². The Bertz CT molecular complexity index is 769. The fraction of sp³-hybridized carbons (Fsp3) is 0.278. The van der Waals surface area contributed by atoms with Gasteiger partial charge in [-0.3, -0.25) is 9.78 Å². The molecule has 25 heavy (non-hydrogen) atoms. The molecule has 0 radical (unpaired) electrons. The van der Waals surface area contributed by atoms with E-state index in [9.17, 15) is 14.0 Å². The number of carbonyl (C=O) groups is 2. The van der Waals surface area contributed by atoms with Gasteiger partial charge in [-0.25, -0.2) is 9.18 Å². The van der Waals surface area contributed by atoms with E-state index in [1.165, 1.54) is 36.5 Å². The molecule has 1 aliphatic rings. The first-order chi connectivity index (χ1) is 12.1. The third-order valence-electron chi connectivity index (χ3n) is 4.05. The summed E-state index contributed by atoms with van der Waals surface area (Å²) in [6.07, 6.45) is 2.73. The van der Waals surface area contributed by atoms with Crippen molar-refractivity contribution in [3.05, 3.63) is 60.2 Å². The van der Waals surface area contributed by atoms with E-state index in [4.69, 9.17) is 9.47 Å². The van der Waals surface area contributed by atoms with Gasteiger partial charge in [-0.2, -0.15) is 0 Å². The number of para-hydroxylation sites is 1. The molecule has 1 aromatic heterocycles. The third-order valence-corrected chi connectivity index (χ3v) is 4.05. The Hall–Kier alpha value is -2.96. The Morgan fingerprint density at radius 2 is 1.92 bits per heavy atom. The van der Waals surface area contributed by atoms with Gasteiger partial charge >= 0.3 is 5.97 Å². The number of aromatic nitrogens is 1. The van der Waals surface area contributed by atoms with Gasteiger partial charge in [-0.05, 0) is 24.3 Å². The molecule has 0 saturated carbocycles. The molecule has 130 valence electrons. The molecule has 0 bridgehead atoms. The van der Waals surface area contributed by atoms with Crippen molar-refractivity contribution in [1.82, 2.24) is 9.88 Å². The Labute approximate surface area is 144 Å². The SMILES string of the molecule is COC(=O)C1CC(Oc2ccccc2F)CN1C(=O)c1ccncc1. The monoisotopic (exact) mass is 344 g/mol. The lowest BCUT2D eigenvalue weighted by atomic mass is 10.2. The number of carbonyl (C=O) groups excluding carboxylic acids is 2. The van der Waals surface area contributed by atoms with E-state index < -0.39 is 23.9 Å². The first-order valence-electron chi connectivity index (χ1n) is 7.80. The number of hydrogen-bond donors (Lipinski definition) is 0. The maximum atomic E-state index is 13.8. The molecule has 0 aliphatic carbocycles. The van der Waals surface area contributed by atoms with Crippen LogP contribution in [0.25, 0.3) is 0 Å². The predicted octanol–water partition coefficient (Wildman–Crippen LogP) is 2.06. The van der Waals surface area contributed by atoms with Crippen LogP contribution in [0.4, 0.5) is 4.39 Å². The van der Waals surface area contributed by atoms with Crippen LogP contribution < -0.4 is 4.74 Å². The highest BCUT2D eigenvalue weighted by atomic mass is 19.1. The molecule has 6 nitrogen and oxygen atoms in total. The number of halogens is 1. The number of ether oxygens (including phenoxy) is 2. The summed E-state index contributed by atoms with van der Waals surface area (Å²) in [5.41, 5.74) is 0.412. The summed E-state index contributed by atoms with van der Waals surface area (Å²) in [7, 11) is 1.27. The lowest BCUT2D eigenvalue weighted by molar-refractivity contribution is -0.145. The molecule has 7 heteroatoms. The van der Waals surface area contributed by atoms with Crippen LogP contribution in [-0.2, 0) is 9.53 Å². The first-order valence-corrected chi connectivity index (χ1v) is 7.80. The maximum Gasteiger partial charge on any atom is 0.328 e. The predicted molar refractivity (Wildman–Crippen MR) is 86.5 cm³/mol. The Kier molecular flexibility index (Phi) is 4.92. The van der Waals surface area contributed by atoms with E-state index in [-0.39, 0.29) is 24.6 Å². The molecule has 3 rings (SSSR count). The number of rotatable bonds is 4. The largest absolute Gasteiger partial charge is 0.485 e. The lowest BCUT2D eigenvalue weighted by Gasteiger charge is -2.22. The Balaban J connectivity index is 1.80. The van der Waals surface area contributed by atoms with Crippen molar-refractivity contribution in [2.75, 3.05) is 13.7 Å². The van der Waals surface area contributed by atoms with Gasteiger partial charge in [0.2, 0.25) is 0 Å². The van der Waals surface area contributed by atoms with E-state index >= 15 is 0 Å². The van der Waals surface area contributed by atoms with E-state index in [0.717, 1.165) is 0 Å². The van der Waals surface area contributed by atoms with Crippen LogP contribution >= 0.6 is 0 Å². The molecular weight excluding hydrogens is 327 g/mol. The minimum absolute atomic E-state index is 0.0920. The van der Waals surface area contributed by atoms with Crippen molar-refractivity contribution in [1.29, 1.82) is 0 Å². The van der Waals surface area contributed by atoms with E-state index in [1.54, 1.807) is 24.3 Å². The zero-order valence-electron chi connectivity index (χ0n) is 13.6. The van der Waals surface area contributed by atoms with Crippen LogP contribution in [0.15, 0.2) is 48.8 Å². The smallest absolute Gasteiger partial charge is 0.328 e. The number of hydrogen-bond acceptors (Lipinski definition) is 5. The molecule has 2 heterocycles. The third kappa shape index (κ3) is 3.60. The fourth-order valence-electron chi connectivity index (χ4n) is 2.85. The maximum absolute atomic E-state index is 13.8. The number of esters is 1. The summed E-state index contributed by atoms with van der Waals surface area (Å²) in [5.74, 6) is -1.25. The first kappa shape index (κ1) is 16.9. The summed E-state index contributed by atoms with van der Waals surface area (Å²) in [5, 5.41) is 0. The quantitative estimate of drug-likeness (QED) is 0.794. The molecule has 1 amide bonds. The van der Waals surface area contributed by atoms with Gasteiger partial charge in [0.05, 0.1) is 13.7 Å². The summed E-state index contributed by atoms with van der Waals surface area (Å²) >= 11 is 0. The van der Waals surface area contributed by atoms with Gasteiger partial charge in [-0.1, -0.05) is 12.1 Å². The van der Waals surface area contributed by atoms with Gasteiger partial charge in [0.1, 0.15) is 12.1 Å². The average molecular weight is 344 g/mol. The molecule has 0 N–H and O–H groups in total. The Morgan fingerprint density at radius 3 is 2.60 bits per heavy atom. The second-order valence-corrected chi connectivity index (χ2v) is 5.64. The number of benzene rings is 1. The van der Waals surface area contributed by atoms with Crippen molar-refractivity contribution >= 4 is 11.9 Å². The Morgan fingerprint density at radius 1 is 1.20 bits per heavy atom. The summed E-state index contributed by atoms with van der Waals surface area (Å²) in [6, 6.07) is 8.39. The number of amides is 1. The topological polar surface area (TPSA) is 68.7 Å². The summed E-state index contributed by atoms with van der Waals surface area (Å²) in [6.45, 7) is 0.162. The van der Waals surface area contributed by atoms with Crippen LogP contribution in [0, 0.1) is 5.82 Å². The standard InChI is InChI=1S/C18H17FN2O4/c1-24-18(23)15-10-13(25-16-5-3-2-4-14(16)19)11-21(15)17(22)12-6-8-20-9-7-12/h2-9,13,15H,10-11H2,1H3. The molecule has 1 fully saturated rings. The van der Waals surface area contributed by atoms with E-state index in [0.29, 0.717) is 5.56 Å². The minimum atomic E-state index is -0.776. The van der Waals surface area contributed by atoms with Crippen molar-refractivity contribution in [2.45, 2.75) is 18.6 Å². The van der Waals surface area contributed by atoms with Crippen molar-refractivity contribution in [2.24, 2.45) is 0 Å². The molecule has 2 atom stereocenters. The summed E-state index contributed by atoms with van der Waals surface area (Å²) in [4.78, 5) is 30.0. The fourth-order valence-corrected chi connectivity index (χ4v) is 2.85. The molecule has 1 aromatic carbocycles. The molecule has 2 unspecified atom stereocenters. The number of pyridine rings is 1. The number of likely N-dealkylation sites (tertiary alicyclic amines) is 1. The second-order valence-electron chi connectivity index (χ2n) is 5.64. The summed E-state index contributed by atoms with van der Waals surface area (Å²) < 4.78 is 24.2. The number of methoxy groups -OCH3 is 1. The normalized spacial score (nSPS) is 19.5. The highest BCUT2D eigenvalue weighted by Crippen LogP contribution is 2.26. The number of nitrogens with zero attached hydrogens (tertiary/aromatic N) is 2. The van der Waals surface area contributed by atoms with Crippen LogP contribution in [0.1, 0.15) is 16.8 Å². The van der Waals surface area contributed by atoms with Crippen LogP contribution in [-0.4, -0.2) is 47.6 Å². The van der Waals surface area contributed by atoms with E-state index in [2.05, 4.69) is 4.98 Å². The van der Waals surface area contributed by atoms with Crippen LogP contribution in [0.5, 0.6) is 5.75 Å². The molecule has 1 saturated heterocycles. The van der Waals surface area contributed by atoms with Gasteiger partial charge in [-0.15, -0.1) is 0 Å². The minimum Gasteiger partial charge on any atom is -0.485 e. The molecule has 0 spiro atoms.